The second-order valence-electron chi connectivity index (χ2n) is 15.3. The summed E-state index contributed by atoms with van der Waals surface area (Å²) in [6.45, 7) is 4.17. The number of aliphatic hydroxyl groups excluding tert-OH is 7. The van der Waals surface area contributed by atoms with Crippen LogP contribution in [0.1, 0.15) is 41.2 Å². The summed E-state index contributed by atoms with van der Waals surface area (Å²) in [6.07, 6.45) is -14.6. The summed E-state index contributed by atoms with van der Waals surface area (Å²) in [7, 11) is 0. The van der Waals surface area contributed by atoms with E-state index in [0.717, 1.165) is 0 Å². The highest BCUT2D eigenvalue weighted by atomic mass is 16.6. The van der Waals surface area contributed by atoms with Crippen molar-refractivity contribution in [2.45, 2.75) is 81.8 Å². The van der Waals surface area contributed by atoms with Gasteiger partial charge in [-0.05, 0) is 104 Å². The Labute approximate surface area is 334 Å². The number of aryl methyl sites for hydroxylation is 2. The molecule has 8 rings (SSSR count). The van der Waals surface area contributed by atoms with Crippen LogP contribution in [0.3, 0.4) is 0 Å². The number of phenols is 2. The lowest BCUT2D eigenvalue weighted by Gasteiger charge is -2.40. The number of phenolic OH excluding ortho intramolecular Hbond substituents is 2. The normalized spacial score (nSPS) is 27.4. The minimum atomic E-state index is -1.89. The van der Waals surface area contributed by atoms with Crippen LogP contribution in [0.2, 0.25) is 0 Å². The fourth-order valence-corrected chi connectivity index (χ4v) is 8.33. The van der Waals surface area contributed by atoms with Crippen LogP contribution in [0, 0.1) is 13.8 Å². The van der Waals surface area contributed by atoms with Gasteiger partial charge in [0.1, 0.15) is 64.7 Å². The summed E-state index contributed by atoms with van der Waals surface area (Å²) in [5, 5.41) is 95.7. The van der Waals surface area contributed by atoms with Crippen molar-refractivity contribution >= 4 is 21.9 Å². The first-order valence-electron chi connectivity index (χ1n) is 18.9. The molecule has 2 saturated heterocycles. The maximum Gasteiger partial charge on any atom is 0.199 e. The van der Waals surface area contributed by atoms with Gasteiger partial charge >= 0.3 is 0 Å². The number of aliphatic hydroxyl groups is 7. The molecule has 0 radical (unpaired) electrons. The SMILES string of the molecule is Cc1cc(-c2cc(C)cc3oc(-c4ccc(O)cc4)c([C@@H]4O[C@@H](C)[C@H](O)[C@@H](O)[C@H]4O)c(=O)c23)c2c(=O)c([C@H]3[C@H](O)[C@@H](O)[C@@H](O)O[C@@H]3CO)c(-c3ccc(O)cc3)oc2c1. The van der Waals surface area contributed by atoms with E-state index in [1.54, 1.807) is 38.1 Å². The Morgan fingerprint density at radius 1 is 0.576 bits per heavy atom. The molecule has 0 spiro atoms. The van der Waals surface area contributed by atoms with Crippen LogP contribution in [-0.2, 0) is 9.47 Å². The zero-order chi connectivity index (χ0) is 42.2. The van der Waals surface area contributed by atoms with Crippen LogP contribution in [0.4, 0.5) is 0 Å². The molecule has 0 amide bonds. The van der Waals surface area contributed by atoms with Gasteiger partial charge in [-0.15, -0.1) is 0 Å². The van der Waals surface area contributed by atoms with Crippen molar-refractivity contribution in [2.75, 3.05) is 6.61 Å². The zero-order valence-electron chi connectivity index (χ0n) is 31.9. The Bertz CT molecular complexity index is 2680. The minimum absolute atomic E-state index is 0.0427. The largest absolute Gasteiger partial charge is 0.508 e. The van der Waals surface area contributed by atoms with Gasteiger partial charge in [-0.25, -0.2) is 0 Å². The van der Waals surface area contributed by atoms with Crippen molar-refractivity contribution in [2.24, 2.45) is 0 Å². The molecule has 2 aromatic heterocycles. The summed E-state index contributed by atoms with van der Waals surface area (Å²) < 4.78 is 24.5. The summed E-state index contributed by atoms with van der Waals surface area (Å²) >= 11 is 0. The molecule has 0 saturated carbocycles. The molecule has 4 heterocycles. The van der Waals surface area contributed by atoms with Crippen LogP contribution in [-0.4, -0.2) is 102 Å². The van der Waals surface area contributed by atoms with E-state index in [0.29, 0.717) is 16.7 Å². The summed E-state index contributed by atoms with van der Waals surface area (Å²) in [4.78, 5) is 30.5. The molecule has 6 aromatic rings. The van der Waals surface area contributed by atoms with Crippen LogP contribution < -0.4 is 10.9 Å². The fourth-order valence-electron chi connectivity index (χ4n) is 8.33. The highest BCUT2D eigenvalue weighted by Crippen LogP contribution is 2.44. The van der Waals surface area contributed by atoms with Gasteiger partial charge in [-0.3, -0.25) is 9.59 Å². The number of rotatable bonds is 6. The molecule has 4 aromatic carbocycles. The lowest BCUT2D eigenvalue weighted by molar-refractivity contribution is -0.260. The third-order valence-electron chi connectivity index (χ3n) is 11.3. The zero-order valence-corrected chi connectivity index (χ0v) is 31.9. The number of benzene rings is 4. The molecule has 308 valence electrons. The molecule has 0 bridgehead atoms. The number of fused-ring (bicyclic) bond motifs is 2. The second-order valence-corrected chi connectivity index (χ2v) is 15.3. The monoisotopic (exact) mass is 810 g/mol. The van der Waals surface area contributed by atoms with E-state index in [2.05, 4.69) is 0 Å². The van der Waals surface area contributed by atoms with Gasteiger partial charge in [0.25, 0.3) is 0 Å². The number of hydrogen-bond donors (Lipinski definition) is 9. The Kier molecular flexibility index (Phi) is 10.5. The Morgan fingerprint density at radius 3 is 1.54 bits per heavy atom. The molecular weight excluding hydrogens is 768 g/mol. The lowest BCUT2D eigenvalue weighted by Crippen LogP contribution is -2.55. The van der Waals surface area contributed by atoms with Crippen molar-refractivity contribution in [1.82, 2.24) is 0 Å². The maximum absolute atomic E-state index is 15.3. The smallest absolute Gasteiger partial charge is 0.199 e. The van der Waals surface area contributed by atoms with Crippen LogP contribution in [0.5, 0.6) is 11.5 Å². The average molecular weight is 811 g/mol. The highest BCUT2D eigenvalue weighted by Gasteiger charge is 2.48. The number of ether oxygens (including phenoxy) is 2. The van der Waals surface area contributed by atoms with Crippen molar-refractivity contribution in [1.29, 1.82) is 0 Å². The summed E-state index contributed by atoms with van der Waals surface area (Å²) in [5.74, 6) is -1.76. The average Bonchev–Trinajstić information content (AvgIpc) is 3.20. The van der Waals surface area contributed by atoms with Crippen molar-refractivity contribution in [3.05, 3.63) is 115 Å². The molecular formula is C44H42O15. The standard InChI is InChI=1S/C44H42O15/c1-17-12-24(29-26(14-17)57-41(20-4-8-22(46)9-5-20)32(35(29)49)31-28(16-45)59-44(55)40(54)37(31)51)25-13-18(2)15-27-30(25)36(50)33(42(58-27)21-6-10-23(47)11-7-21)43-39(53)38(52)34(48)19(3)56-43/h4-15,19,28,31,34,37-40,43-48,51-55H,16H2,1-3H3/t19-,28+,31-,34-,37-,38+,39+,40+,43-,44-/m0/s1. The van der Waals surface area contributed by atoms with Crippen molar-refractivity contribution in [3.8, 4) is 45.3 Å². The van der Waals surface area contributed by atoms with Crippen LogP contribution in [0.25, 0.3) is 55.7 Å². The minimum Gasteiger partial charge on any atom is -0.508 e. The maximum atomic E-state index is 15.3. The molecule has 15 nitrogen and oxygen atoms in total. The molecule has 15 heteroatoms. The molecule has 2 aliphatic rings. The Hall–Kier alpha value is -5.46. The number of hydrogen-bond acceptors (Lipinski definition) is 15. The fraction of sp³-hybridized carbons (Fsp3) is 0.318. The quantitative estimate of drug-likeness (QED) is 0.117. The van der Waals surface area contributed by atoms with Crippen LogP contribution in [0.15, 0.2) is 91.2 Å². The van der Waals surface area contributed by atoms with E-state index in [9.17, 15) is 46.0 Å². The van der Waals surface area contributed by atoms with Gasteiger partial charge in [0.15, 0.2) is 17.1 Å². The van der Waals surface area contributed by atoms with Gasteiger partial charge in [0.2, 0.25) is 0 Å². The second kappa shape index (κ2) is 15.3. The molecule has 9 N–H and O–H groups in total. The molecule has 2 aliphatic heterocycles. The topological polar surface area (TPSA) is 261 Å². The van der Waals surface area contributed by atoms with E-state index in [-0.39, 0.29) is 72.8 Å². The predicted molar refractivity (Wildman–Crippen MR) is 212 cm³/mol. The van der Waals surface area contributed by atoms with Gasteiger partial charge < -0.3 is 64.3 Å². The molecule has 0 unspecified atom stereocenters. The van der Waals surface area contributed by atoms with Gasteiger partial charge in [0.05, 0.1) is 46.8 Å². The number of aromatic hydroxyl groups is 2. The van der Waals surface area contributed by atoms with Gasteiger partial charge in [-0.1, -0.05) is 12.1 Å². The lowest BCUT2D eigenvalue weighted by atomic mass is 9.80. The third-order valence-corrected chi connectivity index (χ3v) is 11.3. The molecule has 2 fully saturated rings. The van der Waals surface area contributed by atoms with E-state index < -0.39 is 78.5 Å². The summed E-state index contributed by atoms with van der Waals surface area (Å²) in [6, 6.07) is 17.9. The third kappa shape index (κ3) is 6.79. The predicted octanol–water partition coefficient (Wildman–Crippen LogP) is 2.99. The first kappa shape index (κ1) is 40.3. The van der Waals surface area contributed by atoms with E-state index in [4.69, 9.17) is 18.3 Å². The summed E-state index contributed by atoms with van der Waals surface area (Å²) in [5.41, 5.74) is 0.353. The van der Waals surface area contributed by atoms with E-state index >= 15 is 9.59 Å². The first-order valence-corrected chi connectivity index (χ1v) is 18.9. The Morgan fingerprint density at radius 2 is 1.05 bits per heavy atom. The van der Waals surface area contributed by atoms with Crippen LogP contribution >= 0.6 is 0 Å². The van der Waals surface area contributed by atoms with Gasteiger partial charge in [0, 0.05) is 17.0 Å². The molecule has 59 heavy (non-hydrogen) atoms. The molecule has 10 atom stereocenters. The van der Waals surface area contributed by atoms with Crippen molar-refractivity contribution < 1.29 is 64.3 Å². The van der Waals surface area contributed by atoms with Crippen molar-refractivity contribution in [3.63, 3.8) is 0 Å². The van der Waals surface area contributed by atoms with E-state index in [1.807, 2.05) is 0 Å². The highest BCUT2D eigenvalue weighted by molar-refractivity contribution is 6.04. The van der Waals surface area contributed by atoms with Gasteiger partial charge in [-0.2, -0.15) is 0 Å². The first-order chi connectivity index (χ1) is 28.1. The molecule has 0 aliphatic carbocycles. The van der Waals surface area contributed by atoms with E-state index in [1.165, 1.54) is 55.5 Å². The Balaban J connectivity index is 1.47.